The number of ether oxygens (including phenoxy) is 1. The second-order valence-electron chi connectivity index (χ2n) is 4.26. The molecule has 0 amide bonds. The van der Waals surface area contributed by atoms with Crippen molar-refractivity contribution in [1.29, 1.82) is 0 Å². The van der Waals surface area contributed by atoms with Gasteiger partial charge in [0.05, 0.1) is 13.2 Å². The lowest BCUT2D eigenvalue weighted by Gasteiger charge is -2.31. The fraction of sp³-hybridized carbons (Fsp3) is 0.846. The second-order valence-corrected chi connectivity index (χ2v) is 4.82. The van der Waals surface area contributed by atoms with E-state index in [2.05, 4.69) is 36.4 Å². The van der Waals surface area contributed by atoms with E-state index in [4.69, 9.17) is 4.74 Å². The van der Waals surface area contributed by atoms with Crippen LogP contribution in [-0.2, 0) is 4.74 Å². The minimum Gasteiger partial charge on any atom is -0.381 e. The monoisotopic (exact) mass is 276 g/mol. The molecule has 0 fully saturated rings. The number of alkyl halides is 1. The van der Waals surface area contributed by atoms with Gasteiger partial charge in [-0.25, -0.2) is 0 Å². The van der Waals surface area contributed by atoms with Gasteiger partial charge in [-0.2, -0.15) is 0 Å². The SMILES string of the molecule is C=CCCOCC(CBr)(CCC)CCC. The summed E-state index contributed by atoms with van der Waals surface area (Å²) in [4.78, 5) is 0. The van der Waals surface area contributed by atoms with Gasteiger partial charge in [0.15, 0.2) is 0 Å². The Kier molecular flexibility index (Phi) is 9.52. The second kappa shape index (κ2) is 9.41. The first kappa shape index (κ1) is 15.2. The molecule has 1 nitrogen and oxygen atoms in total. The smallest absolute Gasteiger partial charge is 0.0530 e. The van der Waals surface area contributed by atoms with Crippen molar-refractivity contribution in [2.45, 2.75) is 46.0 Å². The number of rotatable bonds is 10. The highest BCUT2D eigenvalue weighted by molar-refractivity contribution is 9.09. The van der Waals surface area contributed by atoms with Gasteiger partial charge in [-0.1, -0.05) is 48.7 Å². The molecule has 0 unspecified atom stereocenters. The molecule has 0 saturated carbocycles. The van der Waals surface area contributed by atoms with Gasteiger partial charge in [0.2, 0.25) is 0 Å². The quantitative estimate of drug-likeness (QED) is 0.323. The van der Waals surface area contributed by atoms with Crippen LogP contribution in [0.5, 0.6) is 0 Å². The zero-order chi connectivity index (χ0) is 11.6. The molecule has 0 aliphatic rings. The average Bonchev–Trinajstić information content (AvgIpc) is 2.25. The van der Waals surface area contributed by atoms with Crippen LogP contribution in [-0.4, -0.2) is 18.5 Å². The lowest BCUT2D eigenvalue weighted by molar-refractivity contribution is 0.0480. The summed E-state index contributed by atoms with van der Waals surface area (Å²) in [5.41, 5.74) is 0.352. The third-order valence-corrected chi connectivity index (χ3v) is 3.91. The lowest BCUT2D eigenvalue weighted by Crippen LogP contribution is -2.29. The van der Waals surface area contributed by atoms with Gasteiger partial charge in [-0.15, -0.1) is 6.58 Å². The van der Waals surface area contributed by atoms with Gasteiger partial charge in [0.1, 0.15) is 0 Å². The predicted molar refractivity (Wildman–Crippen MR) is 71.7 cm³/mol. The predicted octanol–water partition coefficient (Wildman–Crippen LogP) is 4.56. The van der Waals surface area contributed by atoms with Gasteiger partial charge >= 0.3 is 0 Å². The highest BCUT2D eigenvalue weighted by Crippen LogP contribution is 2.32. The van der Waals surface area contributed by atoms with Crippen LogP contribution in [0.4, 0.5) is 0 Å². The molecule has 0 atom stereocenters. The summed E-state index contributed by atoms with van der Waals surface area (Å²) in [5.74, 6) is 0. The summed E-state index contributed by atoms with van der Waals surface area (Å²) in [5, 5.41) is 1.05. The lowest BCUT2D eigenvalue weighted by atomic mass is 9.82. The molecule has 0 aliphatic carbocycles. The first-order chi connectivity index (χ1) is 7.24. The summed E-state index contributed by atoms with van der Waals surface area (Å²) in [6.45, 7) is 9.89. The van der Waals surface area contributed by atoms with Crippen LogP contribution in [0.15, 0.2) is 12.7 Å². The van der Waals surface area contributed by atoms with Gasteiger partial charge < -0.3 is 4.74 Å². The molecular formula is C13H25BrO. The Morgan fingerprint density at radius 3 is 2.27 bits per heavy atom. The van der Waals surface area contributed by atoms with Crippen LogP contribution < -0.4 is 0 Å². The number of halogens is 1. The van der Waals surface area contributed by atoms with E-state index >= 15 is 0 Å². The summed E-state index contributed by atoms with van der Waals surface area (Å²) >= 11 is 3.64. The standard InChI is InChI=1S/C13H25BrO/c1-4-7-10-15-12-13(11-14,8-5-2)9-6-3/h4H,1,5-12H2,2-3H3. The molecule has 0 saturated heterocycles. The van der Waals surface area contributed by atoms with Crippen molar-refractivity contribution in [1.82, 2.24) is 0 Å². The van der Waals surface area contributed by atoms with E-state index in [-0.39, 0.29) is 0 Å². The first-order valence-corrected chi connectivity index (χ1v) is 7.11. The van der Waals surface area contributed by atoms with Crippen LogP contribution in [0.25, 0.3) is 0 Å². The van der Waals surface area contributed by atoms with Crippen molar-refractivity contribution in [2.24, 2.45) is 5.41 Å². The maximum Gasteiger partial charge on any atom is 0.0530 e. The normalized spacial score (nSPS) is 11.7. The summed E-state index contributed by atoms with van der Waals surface area (Å²) < 4.78 is 5.73. The fourth-order valence-corrected chi connectivity index (χ4v) is 2.68. The van der Waals surface area contributed by atoms with Gasteiger partial charge in [-0.3, -0.25) is 0 Å². The van der Waals surface area contributed by atoms with E-state index in [0.717, 1.165) is 25.0 Å². The minimum absolute atomic E-state index is 0.352. The van der Waals surface area contributed by atoms with Crippen molar-refractivity contribution in [3.05, 3.63) is 12.7 Å². The van der Waals surface area contributed by atoms with E-state index < -0.39 is 0 Å². The molecule has 15 heavy (non-hydrogen) atoms. The van der Waals surface area contributed by atoms with E-state index in [1.807, 2.05) is 6.08 Å². The van der Waals surface area contributed by atoms with Crippen molar-refractivity contribution in [3.63, 3.8) is 0 Å². The Morgan fingerprint density at radius 1 is 1.27 bits per heavy atom. The minimum atomic E-state index is 0.352. The molecule has 2 heteroatoms. The molecule has 0 aromatic rings. The zero-order valence-corrected chi connectivity index (χ0v) is 11.8. The van der Waals surface area contributed by atoms with Crippen LogP contribution in [0.1, 0.15) is 46.0 Å². The molecule has 0 aliphatic heterocycles. The van der Waals surface area contributed by atoms with Crippen molar-refractivity contribution in [2.75, 3.05) is 18.5 Å². The van der Waals surface area contributed by atoms with E-state index in [1.165, 1.54) is 25.7 Å². The topological polar surface area (TPSA) is 9.23 Å². The van der Waals surface area contributed by atoms with Gasteiger partial charge in [-0.05, 0) is 19.3 Å². The maximum absolute atomic E-state index is 5.73. The maximum atomic E-state index is 5.73. The average molecular weight is 277 g/mol. The van der Waals surface area contributed by atoms with E-state index in [0.29, 0.717) is 5.41 Å². The van der Waals surface area contributed by atoms with Crippen LogP contribution in [0.2, 0.25) is 0 Å². The number of hydrogen-bond acceptors (Lipinski definition) is 1. The zero-order valence-electron chi connectivity index (χ0n) is 10.2. The molecule has 0 radical (unpaired) electrons. The molecular weight excluding hydrogens is 252 g/mol. The van der Waals surface area contributed by atoms with Gasteiger partial charge in [0, 0.05) is 10.7 Å². The molecule has 0 spiro atoms. The van der Waals surface area contributed by atoms with E-state index in [1.54, 1.807) is 0 Å². The van der Waals surface area contributed by atoms with Crippen LogP contribution >= 0.6 is 15.9 Å². The van der Waals surface area contributed by atoms with E-state index in [9.17, 15) is 0 Å². The van der Waals surface area contributed by atoms with Crippen LogP contribution in [0.3, 0.4) is 0 Å². The molecule has 0 N–H and O–H groups in total. The molecule has 90 valence electrons. The van der Waals surface area contributed by atoms with Crippen molar-refractivity contribution < 1.29 is 4.74 Å². The summed E-state index contributed by atoms with van der Waals surface area (Å²) in [6, 6.07) is 0. The fourth-order valence-electron chi connectivity index (χ4n) is 1.96. The summed E-state index contributed by atoms with van der Waals surface area (Å²) in [6.07, 6.45) is 7.83. The third-order valence-electron chi connectivity index (χ3n) is 2.72. The highest BCUT2D eigenvalue weighted by Gasteiger charge is 2.27. The third kappa shape index (κ3) is 6.36. The molecule has 0 aromatic heterocycles. The Morgan fingerprint density at radius 2 is 1.87 bits per heavy atom. The van der Waals surface area contributed by atoms with Gasteiger partial charge in [0.25, 0.3) is 0 Å². The van der Waals surface area contributed by atoms with Crippen molar-refractivity contribution in [3.8, 4) is 0 Å². The Bertz CT molecular complexity index is 151. The molecule has 0 aromatic carbocycles. The molecule has 0 rings (SSSR count). The first-order valence-electron chi connectivity index (χ1n) is 5.99. The summed E-state index contributed by atoms with van der Waals surface area (Å²) in [7, 11) is 0. The Hall–Kier alpha value is 0.180. The molecule has 0 heterocycles. The van der Waals surface area contributed by atoms with Crippen molar-refractivity contribution >= 4 is 15.9 Å². The Balaban J connectivity index is 4.01. The molecule has 0 bridgehead atoms. The Labute approximate surface area is 103 Å². The number of hydrogen-bond donors (Lipinski definition) is 0. The van der Waals surface area contributed by atoms with Crippen LogP contribution in [0, 0.1) is 5.41 Å². The highest BCUT2D eigenvalue weighted by atomic mass is 79.9. The largest absolute Gasteiger partial charge is 0.381 e.